The molecule has 0 atom stereocenters. The Labute approximate surface area is 163 Å². The molecule has 6 nitrogen and oxygen atoms in total. The van der Waals surface area contributed by atoms with E-state index >= 15 is 0 Å². The molecule has 0 saturated carbocycles. The molecule has 2 aromatic carbocycles. The Morgan fingerprint density at radius 3 is 2.58 bits per heavy atom. The largest absolute Gasteiger partial charge is 0.486 e. The third-order valence-corrected chi connectivity index (χ3v) is 4.32. The van der Waals surface area contributed by atoms with Gasteiger partial charge in [-0.3, -0.25) is 4.79 Å². The first-order valence-corrected chi connectivity index (χ1v) is 8.86. The lowest BCUT2D eigenvalue weighted by molar-refractivity contribution is -0.144. The van der Waals surface area contributed by atoms with Gasteiger partial charge in [-0.2, -0.15) is 0 Å². The highest BCUT2D eigenvalue weighted by Gasteiger charge is 2.16. The topological polar surface area (TPSA) is 71.1 Å². The van der Waals surface area contributed by atoms with Gasteiger partial charge in [-0.15, -0.1) is 0 Å². The van der Waals surface area contributed by atoms with Crippen LogP contribution in [0.2, 0.25) is 5.02 Å². The molecule has 0 fully saturated rings. The summed E-state index contributed by atoms with van der Waals surface area (Å²) in [5.41, 5.74) is 0.378. The van der Waals surface area contributed by atoms with Crippen molar-refractivity contribution in [3.63, 3.8) is 0 Å². The molecule has 0 bridgehead atoms. The van der Waals surface area contributed by atoms with Crippen LogP contribution < -0.4 is 14.2 Å². The van der Waals surface area contributed by atoms with Crippen molar-refractivity contribution in [1.82, 2.24) is 0 Å². The number of esters is 1. The SMILES string of the molecule is O=C(COc1ccc(Cl)cc1Br)OCC(=O)c1ccc2c(c1)OCCO2. The van der Waals surface area contributed by atoms with Crippen LogP contribution in [0.5, 0.6) is 17.2 Å². The lowest BCUT2D eigenvalue weighted by Gasteiger charge is -2.18. The average molecular weight is 442 g/mol. The van der Waals surface area contributed by atoms with Gasteiger partial charge in [-0.05, 0) is 52.3 Å². The van der Waals surface area contributed by atoms with E-state index < -0.39 is 5.97 Å². The highest BCUT2D eigenvalue weighted by Crippen LogP contribution is 2.31. The molecule has 2 aromatic rings. The third-order valence-electron chi connectivity index (χ3n) is 3.47. The maximum absolute atomic E-state index is 12.2. The first-order valence-electron chi connectivity index (χ1n) is 7.69. The summed E-state index contributed by atoms with van der Waals surface area (Å²) >= 11 is 9.12. The van der Waals surface area contributed by atoms with Crippen LogP contribution in [-0.2, 0) is 9.53 Å². The van der Waals surface area contributed by atoms with E-state index in [1.165, 1.54) is 0 Å². The van der Waals surface area contributed by atoms with Crippen molar-refractivity contribution in [2.24, 2.45) is 0 Å². The Balaban J connectivity index is 1.50. The first kappa shape index (κ1) is 18.5. The number of carbonyl (C=O) groups excluding carboxylic acids is 2. The highest BCUT2D eigenvalue weighted by atomic mass is 79.9. The van der Waals surface area contributed by atoms with Crippen LogP contribution in [0.1, 0.15) is 10.4 Å². The van der Waals surface area contributed by atoms with Gasteiger partial charge in [-0.1, -0.05) is 11.6 Å². The molecule has 0 amide bonds. The monoisotopic (exact) mass is 440 g/mol. The fourth-order valence-electron chi connectivity index (χ4n) is 2.22. The van der Waals surface area contributed by atoms with E-state index in [2.05, 4.69) is 15.9 Å². The highest BCUT2D eigenvalue weighted by molar-refractivity contribution is 9.10. The number of ether oxygens (including phenoxy) is 4. The second-order valence-electron chi connectivity index (χ2n) is 5.31. The van der Waals surface area contributed by atoms with E-state index in [0.29, 0.717) is 45.5 Å². The fourth-order valence-corrected chi connectivity index (χ4v) is 3.01. The second-order valence-corrected chi connectivity index (χ2v) is 6.60. The van der Waals surface area contributed by atoms with Gasteiger partial charge >= 0.3 is 5.97 Å². The Bertz CT molecular complexity index is 838. The van der Waals surface area contributed by atoms with E-state index in [-0.39, 0.29) is 19.0 Å². The Kier molecular flexibility index (Phi) is 6.00. The number of halogens is 2. The molecule has 1 aliphatic heterocycles. The summed E-state index contributed by atoms with van der Waals surface area (Å²) < 4.78 is 21.7. The molecule has 136 valence electrons. The summed E-state index contributed by atoms with van der Waals surface area (Å²) in [7, 11) is 0. The Hall–Kier alpha value is -2.25. The van der Waals surface area contributed by atoms with Crippen LogP contribution in [0, 0.1) is 0 Å². The summed E-state index contributed by atoms with van der Waals surface area (Å²) in [6.07, 6.45) is 0. The van der Waals surface area contributed by atoms with Gasteiger partial charge in [0, 0.05) is 10.6 Å². The number of rotatable bonds is 6. The zero-order valence-corrected chi connectivity index (χ0v) is 15.8. The molecule has 0 N–H and O–H groups in total. The van der Waals surface area contributed by atoms with E-state index in [0.717, 1.165) is 0 Å². The molecule has 0 aliphatic carbocycles. The van der Waals surface area contributed by atoms with Crippen molar-refractivity contribution in [2.45, 2.75) is 0 Å². The molecule has 3 rings (SSSR count). The minimum Gasteiger partial charge on any atom is -0.486 e. The molecule has 1 heterocycles. The van der Waals surface area contributed by atoms with Crippen molar-refractivity contribution in [1.29, 1.82) is 0 Å². The normalized spacial score (nSPS) is 12.4. The molecule has 0 aromatic heterocycles. The van der Waals surface area contributed by atoms with Crippen LogP contribution in [0.15, 0.2) is 40.9 Å². The molecule has 0 saturated heterocycles. The van der Waals surface area contributed by atoms with Crippen molar-refractivity contribution in [2.75, 3.05) is 26.4 Å². The van der Waals surface area contributed by atoms with Crippen molar-refractivity contribution in [3.8, 4) is 17.2 Å². The van der Waals surface area contributed by atoms with Gasteiger partial charge in [0.15, 0.2) is 30.5 Å². The molecule has 8 heteroatoms. The van der Waals surface area contributed by atoms with Crippen LogP contribution in [0.4, 0.5) is 0 Å². The molecule has 1 aliphatic rings. The zero-order valence-electron chi connectivity index (χ0n) is 13.5. The number of fused-ring (bicyclic) bond motifs is 1. The Morgan fingerprint density at radius 1 is 1.04 bits per heavy atom. The Morgan fingerprint density at radius 2 is 1.81 bits per heavy atom. The van der Waals surface area contributed by atoms with Gasteiger partial charge in [0.1, 0.15) is 19.0 Å². The fraction of sp³-hybridized carbons (Fsp3) is 0.222. The van der Waals surface area contributed by atoms with Crippen LogP contribution in [-0.4, -0.2) is 38.2 Å². The van der Waals surface area contributed by atoms with Gasteiger partial charge in [0.05, 0.1) is 4.47 Å². The summed E-state index contributed by atoms with van der Waals surface area (Å²) in [6.45, 7) is 0.192. The molecular formula is C18H14BrClO6. The van der Waals surface area contributed by atoms with E-state index in [9.17, 15) is 9.59 Å². The number of hydrogen-bond donors (Lipinski definition) is 0. The molecule has 0 unspecified atom stereocenters. The second kappa shape index (κ2) is 8.42. The van der Waals surface area contributed by atoms with E-state index in [4.69, 9.17) is 30.5 Å². The summed E-state index contributed by atoms with van der Waals surface area (Å²) in [5.74, 6) is 0.543. The summed E-state index contributed by atoms with van der Waals surface area (Å²) in [4.78, 5) is 23.9. The number of hydrogen-bond acceptors (Lipinski definition) is 6. The van der Waals surface area contributed by atoms with Crippen molar-refractivity contribution >= 4 is 39.3 Å². The van der Waals surface area contributed by atoms with Crippen LogP contribution in [0.25, 0.3) is 0 Å². The van der Waals surface area contributed by atoms with Crippen molar-refractivity contribution in [3.05, 3.63) is 51.5 Å². The van der Waals surface area contributed by atoms with Gasteiger partial charge in [0.25, 0.3) is 0 Å². The molecule has 26 heavy (non-hydrogen) atoms. The van der Waals surface area contributed by atoms with Gasteiger partial charge in [0.2, 0.25) is 0 Å². The maximum atomic E-state index is 12.2. The van der Waals surface area contributed by atoms with Gasteiger partial charge < -0.3 is 18.9 Å². The predicted octanol–water partition coefficient (Wildman–Crippen LogP) is 3.68. The number of Topliss-reactive ketones (excluding diaryl/α,β-unsaturated/α-hetero) is 1. The van der Waals surface area contributed by atoms with Crippen molar-refractivity contribution < 1.29 is 28.5 Å². The minimum absolute atomic E-state index is 0.325. The standard InChI is InChI=1S/C18H14BrClO6/c19-13-8-12(20)2-4-15(13)25-10-18(22)26-9-14(21)11-1-3-16-17(7-11)24-6-5-23-16/h1-4,7-8H,5-6,9-10H2. The average Bonchev–Trinajstić information content (AvgIpc) is 2.65. The lowest BCUT2D eigenvalue weighted by Crippen LogP contribution is -2.20. The van der Waals surface area contributed by atoms with E-state index in [1.807, 2.05) is 0 Å². The summed E-state index contributed by atoms with van der Waals surface area (Å²) in [5, 5.41) is 0.539. The van der Waals surface area contributed by atoms with E-state index in [1.54, 1.807) is 36.4 Å². The maximum Gasteiger partial charge on any atom is 0.344 e. The number of benzene rings is 2. The minimum atomic E-state index is -0.655. The third kappa shape index (κ3) is 4.68. The molecule has 0 spiro atoms. The first-order chi connectivity index (χ1) is 12.5. The number of carbonyl (C=O) groups is 2. The zero-order chi connectivity index (χ0) is 18.5. The molecular weight excluding hydrogens is 428 g/mol. The number of ketones is 1. The molecule has 0 radical (unpaired) electrons. The predicted molar refractivity (Wildman–Crippen MR) is 97.4 cm³/mol. The van der Waals surface area contributed by atoms with Crippen LogP contribution in [0.3, 0.4) is 0 Å². The smallest absolute Gasteiger partial charge is 0.344 e. The lowest BCUT2D eigenvalue weighted by atomic mass is 10.1. The van der Waals surface area contributed by atoms with Crippen LogP contribution >= 0.6 is 27.5 Å². The van der Waals surface area contributed by atoms with Gasteiger partial charge in [-0.25, -0.2) is 4.79 Å². The summed E-state index contributed by atoms with van der Waals surface area (Å²) in [6, 6.07) is 9.74. The quantitative estimate of drug-likeness (QED) is 0.503.